The molecule has 0 aliphatic carbocycles. The molecular formula is C18H15IN2O2. The van der Waals surface area contributed by atoms with Crippen LogP contribution in [0, 0.1) is 15.4 Å². The van der Waals surface area contributed by atoms with E-state index < -0.39 is 0 Å². The van der Waals surface area contributed by atoms with Gasteiger partial charge in [0.2, 0.25) is 5.91 Å². The maximum absolute atomic E-state index is 12.0. The summed E-state index contributed by atoms with van der Waals surface area (Å²) in [6.07, 6.45) is 0. The van der Waals surface area contributed by atoms with E-state index in [4.69, 9.17) is 0 Å². The van der Waals surface area contributed by atoms with Crippen molar-refractivity contribution in [3.05, 3.63) is 63.2 Å². The van der Waals surface area contributed by atoms with Crippen LogP contribution >= 0.6 is 22.6 Å². The molecular weight excluding hydrogens is 403 g/mol. The van der Waals surface area contributed by atoms with E-state index in [1.54, 1.807) is 18.2 Å². The Morgan fingerprint density at radius 1 is 1.09 bits per heavy atom. The lowest BCUT2D eigenvalue weighted by molar-refractivity contribution is -0.114. The quantitative estimate of drug-likeness (QED) is 0.595. The van der Waals surface area contributed by atoms with Crippen LogP contribution in [0.4, 0.5) is 5.69 Å². The molecule has 116 valence electrons. The molecule has 0 aromatic heterocycles. The molecule has 2 aromatic rings. The Morgan fingerprint density at radius 2 is 1.78 bits per heavy atom. The van der Waals surface area contributed by atoms with Crippen LogP contribution in [0.2, 0.25) is 0 Å². The number of hydrogen-bond donors (Lipinski definition) is 2. The van der Waals surface area contributed by atoms with E-state index in [0.717, 1.165) is 14.8 Å². The van der Waals surface area contributed by atoms with Gasteiger partial charge in [-0.15, -0.1) is 0 Å². The fraction of sp³-hybridized carbons (Fsp3) is 0.111. The summed E-state index contributed by atoms with van der Waals surface area (Å²) in [6.45, 7) is 1.74. The molecule has 0 aliphatic rings. The molecule has 2 amide bonds. The molecule has 5 heteroatoms. The number of halogens is 1. The monoisotopic (exact) mass is 418 g/mol. The molecule has 4 nitrogen and oxygen atoms in total. The minimum Gasteiger partial charge on any atom is -0.341 e. The Labute approximate surface area is 148 Å². The van der Waals surface area contributed by atoms with Gasteiger partial charge in [-0.05, 0) is 59.0 Å². The van der Waals surface area contributed by atoms with Gasteiger partial charge in [-0.1, -0.05) is 24.0 Å². The van der Waals surface area contributed by atoms with Gasteiger partial charge in [-0.3, -0.25) is 9.59 Å². The van der Waals surface area contributed by atoms with Crippen molar-refractivity contribution < 1.29 is 9.59 Å². The number of carbonyl (C=O) groups excluding carboxylic acids is 2. The molecule has 0 radical (unpaired) electrons. The highest BCUT2D eigenvalue weighted by Crippen LogP contribution is 2.11. The van der Waals surface area contributed by atoms with Crippen molar-refractivity contribution in [3.8, 4) is 11.8 Å². The first-order chi connectivity index (χ1) is 11.1. The number of anilines is 1. The summed E-state index contributed by atoms with van der Waals surface area (Å²) in [4.78, 5) is 22.9. The summed E-state index contributed by atoms with van der Waals surface area (Å²) in [7, 11) is 0. The molecule has 2 rings (SSSR count). The SMILES string of the molecule is CC(=O)Nc1ccc(C#CCNC(=O)c2ccccc2I)cc1. The van der Waals surface area contributed by atoms with Gasteiger partial charge < -0.3 is 10.6 Å². The molecule has 0 aliphatic heterocycles. The highest BCUT2D eigenvalue weighted by atomic mass is 127. The van der Waals surface area contributed by atoms with Crippen molar-refractivity contribution in [1.82, 2.24) is 5.32 Å². The predicted octanol–water partition coefficient (Wildman–Crippen LogP) is 3.03. The molecule has 0 atom stereocenters. The van der Waals surface area contributed by atoms with E-state index in [0.29, 0.717) is 5.56 Å². The van der Waals surface area contributed by atoms with Crippen LogP contribution in [0.15, 0.2) is 48.5 Å². The zero-order valence-electron chi connectivity index (χ0n) is 12.5. The summed E-state index contributed by atoms with van der Waals surface area (Å²) in [5, 5.41) is 5.47. The average molecular weight is 418 g/mol. The summed E-state index contributed by atoms with van der Waals surface area (Å²) in [5.41, 5.74) is 2.20. The lowest BCUT2D eigenvalue weighted by Crippen LogP contribution is -2.24. The molecule has 2 aromatic carbocycles. The second-order valence-corrected chi connectivity index (χ2v) is 5.89. The molecule has 0 heterocycles. The first-order valence-electron chi connectivity index (χ1n) is 6.95. The molecule has 0 saturated carbocycles. The van der Waals surface area contributed by atoms with Gasteiger partial charge in [0, 0.05) is 21.7 Å². The number of rotatable bonds is 3. The molecule has 0 fully saturated rings. The number of carbonyl (C=O) groups is 2. The fourth-order valence-electron chi connectivity index (χ4n) is 1.85. The van der Waals surface area contributed by atoms with Gasteiger partial charge in [0.15, 0.2) is 0 Å². The first kappa shape index (κ1) is 17.0. The lowest BCUT2D eigenvalue weighted by atomic mass is 10.2. The number of nitrogens with one attached hydrogen (secondary N) is 2. The van der Waals surface area contributed by atoms with E-state index in [9.17, 15) is 9.59 Å². The smallest absolute Gasteiger partial charge is 0.253 e. The van der Waals surface area contributed by atoms with Crippen molar-refractivity contribution in [2.45, 2.75) is 6.92 Å². The average Bonchev–Trinajstić information content (AvgIpc) is 2.53. The summed E-state index contributed by atoms with van der Waals surface area (Å²) >= 11 is 2.13. The Balaban J connectivity index is 1.89. The Hall–Kier alpha value is -2.33. The molecule has 0 unspecified atom stereocenters. The number of hydrogen-bond acceptors (Lipinski definition) is 2. The predicted molar refractivity (Wildman–Crippen MR) is 99.1 cm³/mol. The van der Waals surface area contributed by atoms with E-state index in [2.05, 4.69) is 45.1 Å². The third-order valence-electron chi connectivity index (χ3n) is 2.89. The fourth-order valence-corrected chi connectivity index (χ4v) is 2.48. The molecule has 23 heavy (non-hydrogen) atoms. The lowest BCUT2D eigenvalue weighted by Gasteiger charge is -2.03. The first-order valence-corrected chi connectivity index (χ1v) is 8.03. The van der Waals surface area contributed by atoms with Gasteiger partial charge in [0.05, 0.1) is 12.1 Å². The third kappa shape index (κ3) is 5.42. The van der Waals surface area contributed by atoms with E-state index in [1.807, 2.05) is 30.3 Å². The van der Waals surface area contributed by atoms with E-state index in [1.165, 1.54) is 6.92 Å². The van der Waals surface area contributed by atoms with Crippen LogP contribution in [0.25, 0.3) is 0 Å². The van der Waals surface area contributed by atoms with Crippen LogP contribution < -0.4 is 10.6 Å². The minimum atomic E-state index is -0.134. The Morgan fingerprint density at radius 3 is 2.43 bits per heavy atom. The minimum absolute atomic E-state index is 0.109. The van der Waals surface area contributed by atoms with Crippen LogP contribution in [0.3, 0.4) is 0 Å². The van der Waals surface area contributed by atoms with Crippen molar-refractivity contribution in [1.29, 1.82) is 0 Å². The van der Waals surface area contributed by atoms with Crippen molar-refractivity contribution in [2.75, 3.05) is 11.9 Å². The van der Waals surface area contributed by atoms with Crippen LogP contribution in [-0.4, -0.2) is 18.4 Å². The summed E-state index contributed by atoms with van der Waals surface area (Å²) < 4.78 is 0.907. The normalized spacial score (nSPS) is 9.48. The summed E-state index contributed by atoms with van der Waals surface area (Å²) in [6, 6.07) is 14.6. The van der Waals surface area contributed by atoms with Crippen LogP contribution in [-0.2, 0) is 4.79 Å². The molecule has 0 spiro atoms. The molecule has 2 N–H and O–H groups in total. The van der Waals surface area contributed by atoms with Gasteiger partial charge in [0.1, 0.15) is 0 Å². The van der Waals surface area contributed by atoms with Gasteiger partial charge in [0.25, 0.3) is 5.91 Å². The van der Waals surface area contributed by atoms with Crippen molar-refractivity contribution in [3.63, 3.8) is 0 Å². The maximum Gasteiger partial charge on any atom is 0.253 e. The van der Waals surface area contributed by atoms with Gasteiger partial charge >= 0.3 is 0 Å². The van der Waals surface area contributed by atoms with Gasteiger partial charge in [-0.25, -0.2) is 0 Å². The summed E-state index contributed by atoms with van der Waals surface area (Å²) in [5.74, 6) is 5.63. The number of benzene rings is 2. The van der Waals surface area contributed by atoms with Crippen LogP contribution in [0.5, 0.6) is 0 Å². The third-order valence-corrected chi connectivity index (χ3v) is 3.83. The Bertz CT molecular complexity index is 774. The highest BCUT2D eigenvalue weighted by Gasteiger charge is 2.06. The van der Waals surface area contributed by atoms with Gasteiger partial charge in [-0.2, -0.15) is 0 Å². The molecule has 0 bridgehead atoms. The Kier molecular flexibility index (Phi) is 6.18. The second kappa shape index (κ2) is 8.34. The van der Waals surface area contributed by atoms with Crippen molar-refractivity contribution >= 4 is 40.1 Å². The maximum atomic E-state index is 12.0. The number of amides is 2. The van der Waals surface area contributed by atoms with E-state index in [-0.39, 0.29) is 18.4 Å². The second-order valence-electron chi connectivity index (χ2n) is 4.72. The standard InChI is InChI=1S/C18H15IN2O2/c1-13(22)21-15-10-8-14(9-11-15)5-4-12-20-18(23)16-6-2-3-7-17(16)19/h2-3,6-11H,12H2,1H3,(H,20,23)(H,21,22). The van der Waals surface area contributed by atoms with E-state index >= 15 is 0 Å². The van der Waals surface area contributed by atoms with Crippen molar-refractivity contribution in [2.24, 2.45) is 0 Å². The molecule has 0 saturated heterocycles. The zero-order chi connectivity index (χ0) is 16.7. The van der Waals surface area contributed by atoms with Crippen LogP contribution in [0.1, 0.15) is 22.8 Å². The highest BCUT2D eigenvalue weighted by molar-refractivity contribution is 14.1. The topological polar surface area (TPSA) is 58.2 Å². The zero-order valence-corrected chi connectivity index (χ0v) is 14.7. The largest absolute Gasteiger partial charge is 0.341 e.